The lowest BCUT2D eigenvalue weighted by atomic mass is 10.0. The second kappa shape index (κ2) is 4.78. The molecule has 0 atom stereocenters. The Hall–Kier alpha value is -3.24. The third kappa shape index (κ3) is 1.54. The van der Waals surface area contributed by atoms with Gasteiger partial charge in [-0.15, -0.1) is 11.3 Å². The maximum atomic E-state index is 4.88. The van der Waals surface area contributed by atoms with Gasteiger partial charge in [0, 0.05) is 16.2 Å². The first-order valence-electron chi connectivity index (χ1n) is 9.46. The monoisotopic (exact) mass is 378 g/mol. The van der Waals surface area contributed by atoms with E-state index in [1.807, 2.05) is 6.33 Å². The lowest BCUT2D eigenvalue weighted by Gasteiger charge is -2.13. The Kier molecular flexibility index (Phi) is 2.52. The summed E-state index contributed by atoms with van der Waals surface area (Å²) in [5.74, 6) is 0. The molecular weight excluding hydrogens is 362 g/mol. The van der Waals surface area contributed by atoms with E-state index in [0.717, 1.165) is 5.52 Å². The molecule has 132 valence electrons. The average Bonchev–Trinajstić information content (AvgIpc) is 3.31. The summed E-state index contributed by atoms with van der Waals surface area (Å²) in [6.45, 7) is 2.22. The van der Waals surface area contributed by atoms with Gasteiger partial charge in [-0.1, -0.05) is 30.3 Å². The van der Waals surface area contributed by atoms with Crippen LogP contribution in [0.4, 0.5) is 0 Å². The standard InChI is InChI=1S/C24H16N3S/c1-13-7-8-16-15-5-3-4-6-17(15)27-18-11-14-9-10-28-24(14)21-20(18)23(19(13)22(16)27)26(2)12-25-21/h3-12H,1-2H3/q+1. The number of thiophene rings is 1. The molecule has 0 spiro atoms. The smallest absolute Gasteiger partial charge is 0.287 e. The lowest BCUT2D eigenvalue weighted by Crippen LogP contribution is -2.30. The second-order valence-corrected chi connectivity index (χ2v) is 8.58. The predicted octanol–water partition coefficient (Wildman–Crippen LogP) is 5.73. The molecular formula is C24H16N3S+. The molecule has 7 rings (SSSR count). The van der Waals surface area contributed by atoms with Crippen LogP contribution in [0.25, 0.3) is 59.2 Å². The minimum absolute atomic E-state index is 1.11. The lowest BCUT2D eigenvalue weighted by molar-refractivity contribution is -0.646. The van der Waals surface area contributed by atoms with Gasteiger partial charge in [0.15, 0.2) is 0 Å². The van der Waals surface area contributed by atoms with E-state index in [9.17, 15) is 0 Å². The molecule has 0 N–H and O–H groups in total. The molecule has 0 aliphatic carbocycles. The van der Waals surface area contributed by atoms with Crippen molar-refractivity contribution in [1.82, 2.24) is 9.38 Å². The first-order valence-corrected chi connectivity index (χ1v) is 10.3. The fourth-order valence-electron chi connectivity index (χ4n) is 5.00. The summed E-state index contributed by atoms with van der Waals surface area (Å²) in [5.41, 5.74) is 7.49. The van der Waals surface area contributed by atoms with Crippen LogP contribution in [0.2, 0.25) is 0 Å². The predicted molar refractivity (Wildman–Crippen MR) is 118 cm³/mol. The maximum Gasteiger partial charge on any atom is 0.287 e. The fraction of sp³-hybridized carbons (Fsp3) is 0.0833. The van der Waals surface area contributed by atoms with Crippen molar-refractivity contribution in [1.29, 1.82) is 0 Å². The third-order valence-electron chi connectivity index (χ3n) is 6.17. The molecule has 0 saturated carbocycles. The normalized spacial score (nSPS) is 12.6. The van der Waals surface area contributed by atoms with Gasteiger partial charge in [0.25, 0.3) is 6.33 Å². The molecule has 0 amide bonds. The summed E-state index contributed by atoms with van der Waals surface area (Å²) >= 11 is 1.78. The number of benzene rings is 3. The van der Waals surface area contributed by atoms with Crippen molar-refractivity contribution >= 4 is 70.6 Å². The number of fused-ring (bicyclic) bond motifs is 7. The molecule has 0 radical (unpaired) electrons. The van der Waals surface area contributed by atoms with Crippen molar-refractivity contribution < 1.29 is 4.57 Å². The highest BCUT2D eigenvalue weighted by molar-refractivity contribution is 7.18. The van der Waals surface area contributed by atoms with Crippen LogP contribution in [0, 0.1) is 6.92 Å². The number of para-hydroxylation sites is 1. The first-order chi connectivity index (χ1) is 13.7. The van der Waals surface area contributed by atoms with Crippen LogP contribution in [0.1, 0.15) is 5.56 Å². The quantitative estimate of drug-likeness (QED) is 0.187. The van der Waals surface area contributed by atoms with E-state index < -0.39 is 0 Å². The molecule has 0 fully saturated rings. The van der Waals surface area contributed by atoms with Crippen molar-refractivity contribution in [3.05, 3.63) is 65.8 Å². The Morgan fingerprint density at radius 1 is 0.964 bits per heavy atom. The zero-order valence-corrected chi connectivity index (χ0v) is 16.3. The van der Waals surface area contributed by atoms with E-state index in [1.165, 1.54) is 59.3 Å². The Morgan fingerprint density at radius 3 is 2.79 bits per heavy atom. The highest BCUT2D eigenvalue weighted by atomic mass is 32.1. The Labute approximate surface area is 164 Å². The van der Waals surface area contributed by atoms with Gasteiger partial charge in [-0.05, 0) is 46.4 Å². The molecule has 0 aliphatic heterocycles. The minimum Gasteiger partial charge on any atom is -0.308 e. The highest BCUT2D eigenvalue weighted by Crippen LogP contribution is 2.42. The maximum absolute atomic E-state index is 4.88. The van der Waals surface area contributed by atoms with Crippen LogP contribution in [0.5, 0.6) is 0 Å². The van der Waals surface area contributed by atoms with Gasteiger partial charge in [-0.3, -0.25) is 0 Å². The first kappa shape index (κ1) is 14.8. The molecule has 3 aromatic carbocycles. The minimum atomic E-state index is 1.11. The zero-order valence-electron chi connectivity index (χ0n) is 15.5. The number of aromatic nitrogens is 3. The number of aryl methyl sites for hydroxylation is 2. The van der Waals surface area contributed by atoms with Crippen molar-refractivity contribution in [2.24, 2.45) is 7.05 Å². The number of nitrogens with zero attached hydrogens (tertiary/aromatic N) is 3. The third-order valence-corrected chi connectivity index (χ3v) is 7.11. The second-order valence-electron chi connectivity index (χ2n) is 7.67. The van der Waals surface area contributed by atoms with Crippen LogP contribution >= 0.6 is 11.3 Å². The summed E-state index contributed by atoms with van der Waals surface area (Å²) in [4.78, 5) is 4.88. The molecule has 0 bridgehead atoms. The summed E-state index contributed by atoms with van der Waals surface area (Å²) in [6, 6.07) is 17.8. The SMILES string of the molecule is Cc1ccc2c3ccccc3n3c4cc5ccsc5c5nc[n+](C)c(c1c23)c54. The van der Waals surface area contributed by atoms with E-state index in [0.29, 0.717) is 0 Å². The van der Waals surface area contributed by atoms with Crippen molar-refractivity contribution in [2.45, 2.75) is 6.92 Å². The molecule has 7 aromatic rings. The van der Waals surface area contributed by atoms with Crippen molar-refractivity contribution in [2.75, 3.05) is 0 Å². The summed E-state index contributed by atoms with van der Waals surface area (Å²) in [6.07, 6.45) is 1.97. The Balaban J connectivity index is 2.02. The van der Waals surface area contributed by atoms with E-state index in [1.54, 1.807) is 11.3 Å². The van der Waals surface area contributed by atoms with Crippen LogP contribution in [-0.4, -0.2) is 9.38 Å². The van der Waals surface area contributed by atoms with Gasteiger partial charge in [-0.25, -0.2) is 4.57 Å². The van der Waals surface area contributed by atoms with E-state index in [-0.39, 0.29) is 0 Å². The van der Waals surface area contributed by atoms with Crippen LogP contribution in [-0.2, 0) is 7.05 Å². The molecule has 0 saturated heterocycles. The Bertz CT molecular complexity index is 1730. The van der Waals surface area contributed by atoms with Gasteiger partial charge < -0.3 is 4.40 Å². The van der Waals surface area contributed by atoms with Gasteiger partial charge in [0.1, 0.15) is 5.52 Å². The van der Waals surface area contributed by atoms with Crippen molar-refractivity contribution in [3.8, 4) is 0 Å². The van der Waals surface area contributed by atoms with E-state index in [2.05, 4.69) is 76.9 Å². The van der Waals surface area contributed by atoms with Crippen molar-refractivity contribution in [3.63, 3.8) is 0 Å². The van der Waals surface area contributed by atoms with Crippen LogP contribution in [0.3, 0.4) is 0 Å². The van der Waals surface area contributed by atoms with Gasteiger partial charge in [-0.2, -0.15) is 0 Å². The topological polar surface area (TPSA) is 21.2 Å². The van der Waals surface area contributed by atoms with Gasteiger partial charge in [0.2, 0.25) is 5.52 Å². The molecule has 3 nitrogen and oxygen atoms in total. The zero-order chi connectivity index (χ0) is 18.6. The number of hydrogen-bond acceptors (Lipinski definition) is 2. The van der Waals surface area contributed by atoms with E-state index in [4.69, 9.17) is 4.98 Å². The number of pyridine rings is 1. The highest BCUT2D eigenvalue weighted by Gasteiger charge is 2.25. The average molecular weight is 378 g/mol. The molecule has 0 aliphatic rings. The summed E-state index contributed by atoms with van der Waals surface area (Å²) < 4.78 is 5.92. The molecule has 4 heterocycles. The summed E-state index contributed by atoms with van der Waals surface area (Å²) in [5, 5.41) is 8.64. The molecule has 4 heteroatoms. The number of rotatable bonds is 0. The van der Waals surface area contributed by atoms with Crippen LogP contribution < -0.4 is 4.57 Å². The molecule has 28 heavy (non-hydrogen) atoms. The molecule has 4 aromatic heterocycles. The Morgan fingerprint density at radius 2 is 1.86 bits per heavy atom. The fourth-order valence-corrected chi connectivity index (χ4v) is 5.88. The van der Waals surface area contributed by atoms with E-state index >= 15 is 0 Å². The van der Waals surface area contributed by atoms with Crippen LogP contribution in [0.15, 0.2) is 60.2 Å². The summed E-state index contributed by atoms with van der Waals surface area (Å²) in [7, 11) is 2.11. The largest absolute Gasteiger partial charge is 0.308 e. The number of hydrogen-bond donors (Lipinski definition) is 0. The molecule has 0 unspecified atom stereocenters. The van der Waals surface area contributed by atoms with Gasteiger partial charge >= 0.3 is 0 Å². The van der Waals surface area contributed by atoms with Gasteiger partial charge in [0.05, 0.1) is 33.7 Å².